The van der Waals surface area contributed by atoms with Gasteiger partial charge in [0.25, 0.3) is 0 Å². The lowest BCUT2D eigenvalue weighted by Gasteiger charge is -2.28. The van der Waals surface area contributed by atoms with Crippen molar-refractivity contribution in [3.63, 3.8) is 0 Å². The first kappa shape index (κ1) is 26.9. The first-order valence-corrected chi connectivity index (χ1v) is 13.9. The van der Waals surface area contributed by atoms with E-state index in [1.807, 2.05) is 30.0 Å². The fourth-order valence-corrected chi connectivity index (χ4v) is 5.44. The highest BCUT2D eigenvalue weighted by molar-refractivity contribution is 14.1. The summed E-state index contributed by atoms with van der Waals surface area (Å²) in [5.74, 6) is 3.93. The summed E-state index contributed by atoms with van der Waals surface area (Å²) in [7, 11) is 0. The maximum Gasteiger partial charge on any atom is 0.132 e. The molecule has 1 saturated heterocycles. The van der Waals surface area contributed by atoms with Crippen LogP contribution in [0.15, 0.2) is 42.5 Å². The van der Waals surface area contributed by atoms with Crippen LogP contribution in [0.1, 0.15) is 25.0 Å². The number of rotatable bonds is 11. The van der Waals surface area contributed by atoms with Crippen LogP contribution in [0.4, 0.5) is 0 Å². The minimum absolute atomic E-state index is 0.151. The molecule has 33 heavy (non-hydrogen) atoms. The second kappa shape index (κ2) is 12.8. The largest absolute Gasteiger partial charge is 0.491 e. The van der Waals surface area contributed by atoms with Crippen molar-refractivity contribution < 1.29 is 19.7 Å². The molecule has 0 radical (unpaired) electrons. The zero-order valence-electron chi connectivity index (χ0n) is 19.2. The summed E-state index contributed by atoms with van der Waals surface area (Å²) in [6.45, 7) is 7.58. The van der Waals surface area contributed by atoms with Crippen molar-refractivity contribution in [1.29, 1.82) is 0 Å². The Labute approximate surface area is 219 Å². The van der Waals surface area contributed by atoms with E-state index in [9.17, 15) is 10.2 Å². The molecule has 3 rings (SSSR count). The van der Waals surface area contributed by atoms with E-state index in [2.05, 4.69) is 65.6 Å². The Morgan fingerprint density at radius 2 is 1.64 bits per heavy atom. The number of alkyl halides is 1. The molecule has 1 unspecified atom stereocenters. The lowest BCUT2D eigenvalue weighted by Crippen LogP contribution is -2.40. The highest BCUT2D eigenvalue weighted by Gasteiger charge is 2.24. The molecular weight excluding hydrogens is 573 g/mol. The van der Waals surface area contributed by atoms with Crippen molar-refractivity contribution in [2.45, 2.75) is 31.5 Å². The summed E-state index contributed by atoms with van der Waals surface area (Å²) < 4.78 is 12.5. The molecule has 1 aliphatic rings. The molecule has 1 aliphatic heterocycles. The van der Waals surface area contributed by atoms with Gasteiger partial charge in [0, 0.05) is 36.6 Å². The van der Waals surface area contributed by atoms with Gasteiger partial charge in [0.1, 0.15) is 36.9 Å². The summed E-state index contributed by atoms with van der Waals surface area (Å²) in [6.07, 6.45) is -1.16. The molecule has 0 aromatic heterocycles. The van der Waals surface area contributed by atoms with Crippen molar-refractivity contribution in [2.24, 2.45) is 0 Å². The Bertz CT molecular complexity index is 877. The van der Waals surface area contributed by atoms with Gasteiger partial charge in [-0.05, 0) is 58.0 Å². The van der Waals surface area contributed by atoms with Crippen molar-refractivity contribution in [3.05, 3.63) is 57.2 Å². The van der Waals surface area contributed by atoms with Gasteiger partial charge in [0.2, 0.25) is 0 Å². The number of nitrogens with zero attached hydrogens (tertiary/aromatic N) is 1. The van der Waals surface area contributed by atoms with E-state index >= 15 is 0 Å². The summed E-state index contributed by atoms with van der Waals surface area (Å²) in [6, 6.07) is 14.2. The number of halogens is 2. The molecule has 2 aromatic rings. The van der Waals surface area contributed by atoms with E-state index in [-0.39, 0.29) is 17.9 Å². The Kier molecular flexibility index (Phi) is 10.5. The first-order valence-electron chi connectivity index (χ1n) is 11.2. The summed E-state index contributed by atoms with van der Waals surface area (Å²) in [5, 5.41) is 19.9. The van der Waals surface area contributed by atoms with Crippen LogP contribution in [-0.2, 0) is 5.41 Å². The Balaban J connectivity index is 1.57. The zero-order valence-corrected chi connectivity index (χ0v) is 22.9. The fraction of sp³-hybridized carbons (Fsp3) is 0.520. The van der Waals surface area contributed by atoms with Crippen LogP contribution in [0.2, 0.25) is 0 Å². The standard InChI is InChI=1S/C25H33ClINO4S/c1-25(2,19-5-8-24(23(27)13-19)32-16-20(29)14-26)18-3-6-22(7-4-18)31-17-21(30)15-28-9-11-33-12-10-28/h3-8,13,20-21,29-30H,9-12,14-17H2,1-2H3/t20-,21?/m0/s1. The van der Waals surface area contributed by atoms with Crippen LogP contribution in [0.3, 0.4) is 0 Å². The van der Waals surface area contributed by atoms with Crippen LogP contribution in [0.25, 0.3) is 0 Å². The number of aliphatic hydroxyl groups excluding tert-OH is 2. The molecular formula is C25H33ClINO4S. The molecule has 1 heterocycles. The van der Waals surface area contributed by atoms with E-state index in [4.69, 9.17) is 21.1 Å². The minimum Gasteiger partial charge on any atom is -0.491 e. The summed E-state index contributed by atoms with van der Waals surface area (Å²) in [5.41, 5.74) is 2.13. The molecule has 0 saturated carbocycles. The van der Waals surface area contributed by atoms with Crippen molar-refractivity contribution >= 4 is 46.0 Å². The van der Waals surface area contributed by atoms with Gasteiger partial charge in [-0.2, -0.15) is 11.8 Å². The SMILES string of the molecule is CC(C)(c1ccc(OCC(O)CN2CCSCC2)cc1)c1ccc(OC[C@@H](O)CCl)c(I)c1. The van der Waals surface area contributed by atoms with Gasteiger partial charge in [0.15, 0.2) is 0 Å². The van der Waals surface area contributed by atoms with Gasteiger partial charge in [-0.15, -0.1) is 11.6 Å². The summed E-state index contributed by atoms with van der Waals surface area (Å²) >= 11 is 9.87. The normalized spacial score (nSPS) is 16.9. The van der Waals surface area contributed by atoms with Crippen LogP contribution < -0.4 is 9.47 Å². The Morgan fingerprint density at radius 3 is 2.27 bits per heavy atom. The highest BCUT2D eigenvalue weighted by atomic mass is 127. The maximum atomic E-state index is 10.3. The number of benzene rings is 2. The molecule has 0 aliphatic carbocycles. The lowest BCUT2D eigenvalue weighted by molar-refractivity contribution is 0.0715. The number of hydrogen-bond acceptors (Lipinski definition) is 6. The van der Waals surface area contributed by atoms with Gasteiger partial charge in [-0.25, -0.2) is 0 Å². The molecule has 2 aromatic carbocycles. The average Bonchev–Trinajstić information content (AvgIpc) is 2.82. The molecule has 1 fully saturated rings. The quantitative estimate of drug-likeness (QED) is 0.293. The first-order chi connectivity index (χ1) is 15.8. The number of hydrogen-bond donors (Lipinski definition) is 2. The van der Waals surface area contributed by atoms with E-state index in [0.29, 0.717) is 13.2 Å². The van der Waals surface area contributed by atoms with Gasteiger partial charge in [-0.1, -0.05) is 32.0 Å². The zero-order chi connectivity index (χ0) is 23.8. The van der Waals surface area contributed by atoms with Crippen LogP contribution in [0.5, 0.6) is 11.5 Å². The molecule has 2 atom stereocenters. The predicted molar refractivity (Wildman–Crippen MR) is 145 cm³/mol. The van der Waals surface area contributed by atoms with E-state index in [1.54, 1.807) is 0 Å². The Hall–Kier alpha value is -0.710. The number of β-amino-alcohol motifs (C(OH)–C–C–N with tert-alkyl or cyclic N) is 1. The van der Waals surface area contributed by atoms with Crippen LogP contribution >= 0.6 is 46.0 Å². The molecule has 2 N–H and O–H groups in total. The molecule has 8 heteroatoms. The number of thioether (sulfide) groups is 1. The third kappa shape index (κ3) is 7.90. The number of aliphatic hydroxyl groups is 2. The summed E-state index contributed by atoms with van der Waals surface area (Å²) in [4.78, 5) is 2.30. The van der Waals surface area contributed by atoms with Gasteiger partial charge < -0.3 is 19.7 Å². The lowest BCUT2D eigenvalue weighted by atomic mass is 9.78. The predicted octanol–water partition coefficient (Wildman–Crippen LogP) is 4.38. The second-order valence-electron chi connectivity index (χ2n) is 8.79. The Morgan fingerprint density at radius 1 is 1.00 bits per heavy atom. The van der Waals surface area contributed by atoms with Gasteiger partial charge >= 0.3 is 0 Å². The molecule has 182 valence electrons. The van der Waals surface area contributed by atoms with E-state index in [1.165, 1.54) is 11.1 Å². The molecule has 0 amide bonds. The highest BCUT2D eigenvalue weighted by Crippen LogP contribution is 2.35. The topological polar surface area (TPSA) is 62.2 Å². The minimum atomic E-state index is -0.677. The van der Waals surface area contributed by atoms with E-state index in [0.717, 1.165) is 39.7 Å². The monoisotopic (exact) mass is 605 g/mol. The molecule has 0 spiro atoms. The van der Waals surface area contributed by atoms with Crippen LogP contribution in [0, 0.1) is 3.57 Å². The third-order valence-corrected chi connectivity index (χ3v) is 8.00. The van der Waals surface area contributed by atoms with Crippen molar-refractivity contribution in [3.8, 4) is 11.5 Å². The second-order valence-corrected chi connectivity index (χ2v) is 11.5. The number of ether oxygens (including phenoxy) is 2. The van der Waals surface area contributed by atoms with Gasteiger partial charge in [0.05, 0.1) is 9.45 Å². The van der Waals surface area contributed by atoms with Crippen LogP contribution in [-0.4, -0.2) is 77.6 Å². The molecule has 0 bridgehead atoms. The van der Waals surface area contributed by atoms with Crippen molar-refractivity contribution in [1.82, 2.24) is 4.90 Å². The van der Waals surface area contributed by atoms with E-state index < -0.39 is 12.2 Å². The van der Waals surface area contributed by atoms with Gasteiger partial charge in [-0.3, -0.25) is 4.90 Å². The third-order valence-electron chi connectivity index (χ3n) is 5.85. The fourth-order valence-electron chi connectivity index (χ4n) is 3.70. The maximum absolute atomic E-state index is 10.3. The smallest absolute Gasteiger partial charge is 0.132 e. The van der Waals surface area contributed by atoms with Crippen molar-refractivity contribution in [2.75, 3.05) is 50.2 Å². The average molecular weight is 606 g/mol. The molecule has 5 nitrogen and oxygen atoms in total.